The summed E-state index contributed by atoms with van der Waals surface area (Å²) in [6, 6.07) is 15.0. The molecule has 3 amide bonds. The van der Waals surface area contributed by atoms with E-state index >= 15 is 0 Å². The van der Waals surface area contributed by atoms with Gasteiger partial charge in [0.15, 0.2) is 0 Å². The number of aryl methyl sites for hydroxylation is 1. The van der Waals surface area contributed by atoms with Crippen molar-refractivity contribution >= 4 is 23.3 Å². The fourth-order valence-electron chi connectivity index (χ4n) is 2.88. The smallest absolute Gasteiger partial charge is 0.319 e. The summed E-state index contributed by atoms with van der Waals surface area (Å²) in [6.45, 7) is 4.74. The van der Waals surface area contributed by atoms with E-state index in [0.717, 1.165) is 16.7 Å². The highest BCUT2D eigenvalue weighted by Crippen LogP contribution is 2.20. The topological polar surface area (TPSA) is 88.0 Å². The molecule has 0 radical (unpaired) electrons. The highest BCUT2D eigenvalue weighted by Gasteiger charge is 2.09. The summed E-state index contributed by atoms with van der Waals surface area (Å²) in [5.74, 6) is -0.0713. The summed E-state index contributed by atoms with van der Waals surface area (Å²) in [5, 5.41) is 12.8. The van der Waals surface area contributed by atoms with Gasteiger partial charge in [-0.3, -0.25) is 9.48 Å². The van der Waals surface area contributed by atoms with E-state index in [1.165, 1.54) is 0 Å². The third-order valence-electron chi connectivity index (χ3n) is 4.54. The molecule has 7 nitrogen and oxygen atoms in total. The average Bonchev–Trinajstić information content (AvgIpc) is 3.23. The first-order valence-electron chi connectivity index (χ1n) is 9.54. The molecular weight excluding hydrogens is 366 g/mol. The van der Waals surface area contributed by atoms with Gasteiger partial charge in [-0.1, -0.05) is 37.3 Å². The van der Waals surface area contributed by atoms with Gasteiger partial charge in [-0.15, -0.1) is 0 Å². The van der Waals surface area contributed by atoms with Crippen molar-refractivity contribution in [1.82, 2.24) is 15.1 Å². The third kappa shape index (κ3) is 5.68. The van der Waals surface area contributed by atoms with Crippen LogP contribution in [0, 0.1) is 6.92 Å². The number of benzene rings is 2. The maximum Gasteiger partial charge on any atom is 0.319 e. The van der Waals surface area contributed by atoms with Gasteiger partial charge in [-0.2, -0.15) is 5.10 Å². The third-order valence-corrected chi connectivity index (χ3v) is 4.54. The molecule has 0 aliphatic carbocycles. The molecule has 3 aromatic rings. The molecule has 2 aromatic carbocycles. The van der Waals surface area contributed by atoms with Gasteiger partial charge in [0.1, 0.15) is 0 Å². The van der Waals surface area contributed by atoms with Gasteiger partial charge in [0.05, 0.1) is 6.54 Å². The molecule has 0 unspecified atom stereocenters. The Morgan fingerprint density at radius 1 is 1.03 bits per heavy atom. The number of carbonyl (C=O) groups excluding carboxylic acids is 2. The number of carbonyl (C=O) groups is 2. The number of nitrogens with zero attached hydrogens (tertiary/aromatic N) is 2. The molecule has 0 aliphatic heterocycles. The van der Waals surface area contributed by atoms with Crippen LogP contribution in [0.1, 0.15) is 30.0 Å². The minimum atomic E-state index is -0.305. The predicted molar refractivity (Wildman–Crippen MR) is 114 cm³/mol. The van der Waals surface area contributed by atoms with E-state index in [1.54, 1.807) is 19.2 Å². The first kappa shape index (κ1) is 20.1. The Bertz CT molecular complexity index is 983. The Labute approximate surface area is 170 Å². The molecule has 29 heavy (non-hydrogen) atoms. The van der Waals surface area contributed by atoms with Gasteiger partial charge >= 0.3 is 6.03 Å². The fraction of sp³-hybridized carbons (Fsp3) is 0.227. The largest absolute Gasteiger partial charge is 0.334 e. The summed E-state index contributed by atoms with van der Waals surface area (Å²) >= 11 is 0. The Balaban J connectivity index is 1.62. The lowest BCUT2D eigenvalue weighted by atomic mass is 10.1. The number of rotatable bonds is 7. The van der Waals surface area contributed by atoms with E-state index in [-0.39, 0.29) is 11.9 Å². The van der Waals surface area contributed by atoms with Crippen LogP contribution >= 0.6 is 0 Å². The van der Waals surface area contributed by atoms with Crippen LogP contribution in [0.25, 0.3) is 0 Å². The zero-order chi connectivity index (χ0) is 20.6. The summed E-state index contributed by atoms with van der Waals surface area (Å²) in [7, 11) is 0. The Morgan fingerprint density at radius 3 is 2.55 bits per heavy atom. The number of nitrogens with one attached hydrogen (secondary N) is 3. The average molecular weight is 391 g/mol. The van der Waals surface area contributed by atoms with E-state index in [4.69, 9.17) is 0 Å². The molecule has 0 saturated carbocycles. The summed E-state index contributed by atoms with van der Waals surface area (Å²) in [6.07, 6.45) is 4.05. The zero-order valence-electron chi connectivity index (χ0n) is 16.6. The van der Waals surface area contributed by atoms with Crippen LogP contribution in [0.2, 0.25) is 0 Å². The SMILES string of the molecule is CCC(=O)Nc1ccc(C)c(NC(=O)NCc2ccccc2Cn2cccn2)c1. The van der Waals surface area contributed by atoms with Gasteiger partial charge in [-0.25, -0.2) is 4.79 Å². The van der Waals surface area contributed by atoms with Crippen molar-refractivity contribution in [2.75, 3.05) is 10.6 Å². The standard InChI is InChI=1S/C22H25N5O2/c1-3-21(28)25-19-10-9-16(2)20(13-19)26-22(29)23-14-17-7-4-5-8-18(17)15-27-12-6-11-24-27/h4-13H,3,14-15H2,1-2H3,(H,25,28)(H2,23,26,29). The van der Waals surface area contributed by atoms with E-state index in [2.05, 4.69) is 21.0 Å². The van der Waals surface area contributed by atoms with Gasteiger partial charge in [0, 0.05) is 36.7 Å². The lowest BCUT2D eigenvalue weighted by Crippen LogP contribution is -2.29. The molecular formula is C22H25N5O2. The van der Waals surface area contributed by atoms with Crippen LogP contribution in [0.15, 0.2) is 60.9 Å². The molecule has 0 bridgehead atoms. The van der Waals surface area contributed by atoms with Crippen LogP contribution in [-0.2, 0) is 17.9 Å². The quantitative estimate of drug-likeness (QED) is 0.571. The number of amides is 3. The highest BCUT2D eigenvalue weighted by atomic mass is 16.2. The van der Waals surface area contributed by atoms with Crippen molar-refractivity contribution < 1.29 is 9.59 Å². The minimum absolute atomic E-state index is 0.0713. The Hall–Kier alpha value is -3.61. The molecule has 7 heteroatoms. The first-order valence-corrected chi connectivity index (χ1v) is 9.54. The Kier molecular flexibility index (Phi) is 6.63. The number of aromatic nitrogens is 2. The summed E-state index contributed by atoms with van der Waals surface area (Å²) < 4.78 is 1.85. The second-order valence-electron chi connectivity index (χ2n) is 6.71. The van der Waals surface area contributed by atoms with Crippen molar-refractivity contribution in [1.29, 1.82) is 0 Å². The van der Waals surface area contributed by atoms with E-state index in [1.807, 2.05) is 60.3 Å². The molecule has 150 valence electrons. The highest BCUT2D eigenvalue weighted by molar-refractivity contribution is 5.94. The Morgan fingerprint density at radius 2 is 1.83 bits per heavy atom. The number of anilines is 2. The molecule has 0 atom stereocenters. The van der Waals surface area contributed by atoms with Crippen LogP contribution in [-0.4, -0.2) is 21.7 Å². The molecule has 1 aromatic heterocycles. The zero-order valence-corrected chi connectivity index (χ0v) is 16.6. The van der Waals surface area contributed by atoms with Crippen LogP contribution in [0.3, 0.4) is 0 Å². The summed E-state index contributed by atoms with van der Waals surface area (Å²) in [5.41, 5.74) is 4.34. The second kappa shape index (κ2) is 9.54. The molecule has 0 aliphatic rings. The molecule has 3 rings (SSSR count). The van der Waals surface area contributed by atoms with Gasteiger partial charge in [0.2, 0.25) is 5.91 Å². The van der Waals surface area contributed by atoms with E-state index in [9.17, 15) is 9.59 Å². The number of hydrogen-bond donors (Lipinski definition) is 3. The fourth-order valence-corrected chi connectivity index (χ4v) is 2.88. The molecule has 1 heterocycles. The first-order chi connectivity index (χ1) is 14.0. The molecule has 0 fully saturated rings. The molecule has 0 saturated heterocycles. The normalized spacial score (nSPS) is 10.4. The predicted octanol–water partition coefficient (Wildman–Crippen LogP) is 3.91. The van der Waals surface area contributed by atoms with Crippen LogP contribution < -0.4 is 16.0 Å². The van der Waals surface area contributed by atoms with E-state index < -0.39 is 0 Å². The maximum atomic E-state index is 12.4. The van der Waals surface area contributed by atoms with Crippen molar-refractivity contribution in [3.63, 3.8) is 0 Å². The number of hydrogen-bond acceptors (Lipinski definition) is 3. The van der Waals surface area contributed by atoms with Crippen LogP contribution in [0.5, 0.6) is 0 Å². The summed E-state index contributed by atoms with van der Waals surface area (Å²) in [4.78, 5) is 24.0. The second-order valence-corrected chi connectivity index (χ2v) is 6.71. The van der Waals surface area contributed by atoms with Crippen LogP contribution in [0.4, 0.5) is 16.2 Å². The van der Waals surface area contributed by atoms with Crippen molar-refractivity contribution in [3.05, 3.63) is 77.6 Å². The lowest BCUT2D eigenvalue weighted by molar-refractivity contribution is -0.115. The van der Waals surface area contributed by atoms with Gasteiger partial charge in [-0.05, 0) is 41.8 Å². The molecule has 3 N–H and O–H groups in total. The maximum absolute atomic E-state index is 12.4. The van der Waals surface area contributed by atoms with Gasteiger partial charge in [0.25, 0.3) is 0 Å². The lowest BCUT2D eigenvalue weighted by Gasteiger charge is -2.14. The molecule has 0 spiro atoms. The van der Waals surface area contributed by atoms with Gasteiger partial charge < -0.3 is 16.0 Å². The van der Waals surface area contributed by atoms with Crippen molar-refractivity contribution in [2.45, 2.75) is 33.4 Å². The monoisotopic (exact) mass is 391 g/mol. The van der Waals surface area contributed by atoms with Crippen molar-refractivity contribution in [2.24, 2.45) is 0 Å². The minimum Gasteiger partial charge on any atom is -0.334 e. The van der Waals surface area contributed by atoms with Crippen molar-refractivity contribution in [3.8, 4) is 0 Å². The number of urea groups is 1. The van der Waals surface area contributed by atoms with E-state index in [0.29, 0.717) is 30.9 Å².